The molecule has 150 valence electrons. The van der Waals surface area contributed by atoms with E-state index in [1.807, 2.05) is 42.6 Å². The minimum absolute atomic E-state index is 0.0345. The van der Waals surface area contributed by atoms with Crippen molar-refractivity contribution in [2.24, 2.45) is 0 Å². The lowest BCUT2D eigenvalue weighted by molar-refractivity contribution is -0.676. The first kappa shape index (κ1) is 20.8. The molecule has 0 aliphatic heterocycles. The van der Waals surface area contributed by atoms with E-state index in [0.29, 0.717) is 5.69 Å². The second kappa shape index (κ2) is 9.03. The molecular formula is C23H25N2O3S+. The van der Waals surface area contributed by atoms with Crippen molar-refractivity contribution in [1.82, 2.24) is 0 Å². The molecule has 0 radical (unpaired) electrons. The molecule has 1 atom stereocenters. The number of amides is 1. The van der Waals surface area contributed by atoms with Crippen LogP contribution in [0.4, 0.5) is 5.69 Å². The Hall–Kier alpha value is -2.96. The Morgan fingerprint density at radius 1 is 0.897 bits per heavy atom. The average Bonchev–Trinajstić information content (AvgIpc) is 2.70. The number of hydrogen-bond acceptors (Lipinski definition) is 3. The van der Waals surface area contributed by atoms with E-state index in [1.54, 1.807) is 18.2 Å². The maximum Gasteiger partial charge on any atom is 0.279 e. The fourth-order valence-electron chi connectivity index (χ4n) is 3.22. The number of anilines is 1. The molecule has 1 amide bonds. The quantitative estimate of drug-likeness (QED) is 0.630. The molecular weight excluding hydrogens is 384 g/mol. The number of para-hydroxylation sites is 1. The molecule has 6 heteroatoms. The van der Waals surface area contributed by atoms with Crippen molar-refractivity contribution in [2.45, 2.75) is 17.9 Å². The van der Waals surface area contributed by atoms with Crippen LogP contribution in [0, 0.1) is 6.92 Å². The topological polar surface area (TPSA) is 79.8 Å². The van der Waals surface area contributed by atoms with Crippen LogP contribution >= 0.6 is 0 Å². The lowest BCUT2D eigenvalue weighted by atomic mass is 9.98. The Morgan fingerprint density at radius 2 is 1.48 bits per heavy atom. The van der Waals surface area contributed by atoms with Crippen molar-refractivity contribution >= 4 is 21.4 Å². The van der Waals surface area contributed by atoms with E-state index in [0.717, 1.165) is 17.4 Å². The van der Waals surface area contributed by atoms with Gasteiger partial charge in [0.2, 0.25) is 0 Å². The number of hydrogen-bond donors (Lipinski definition) is 2. The van der Waals surface area contributed by atoms with E-state index >= 15 is 0 Å². The summed E-state index contributed by atoms with van der Waals surface area (Å²) < 4.78 is 23.9. The Bertz CT molecular complexity index is 1080. The summed E-state index contributed by atoms with van der Waals surface area (Å²) in [6.45, 7) is 2.20. The van der Waals surface area contributed by atoms with Gasteiger partial charge in [-0.2, -0.15) is 0 Å². The molecule has 3 aromatic rings. The maximum atomic E-state index is 12.6. The van der Waals surface area contributed by atoms with Gasteiger partial charge in [-0.3, -0.25) is 4.79 Å². The molecule has 0 spiro atoms. The third kappa shape index (κ3) is 5.53. The summed E-state index contributed by atoms with van der Waals surface area (Å²) in [5, 5.41) is 4.69. The zero-order chi connectivity index (χ0) is 20.9. The van der Waals surface area contributed by atoms with Gasteiger partial charge in [0.25, 0.3) is 5.91 Å². The zero-order valence-electron chi connectivity index (χ0n) is 16.5. The van der Waals surface area contributed by atoms with Gasteiger partial charge in [0.05, 0.1) is 10.6 Å². The summed E-state index contributed by atoms with van der Waals surface area (Å²) in [5.74, 6) is -0.255. The van der Waals surface area contributed by atoms with E-state index in [2.05, 4.69) is 29.6 Å². The number of carbonyl (C=O) groups excluding carboxylic acids is 1. The smallest absolute Gasteiger partial charge is 0.279 e. The van der Waals surface area contributed by atoms with Crippen LogP contribution < -0.4 is 10.6 Å². The molecule has 0 unspecified atom stereocenters. The number of sulfone groups is 1. The lowest BCUT2D eigenvalue weighted by Gasteiger charge is -2.17. The Balaban J connectivity index is 1.77. The number of carbonyl (C=O) groups is 1. The van der Waals surface area contributed by atoms with E-state index in [9.17, 15) is 13.2 Å². The SMILES string of the molecule is Cc1ccc([C@H]([NH2+]CC(=O)Nc2ccccc2S(C)(=O)=O)c2ccccc2)cc1. The molecule has 0 heterocycles. The van der Waals surface area contributed by atoms with Gasteiger partial charge in [0.1, 0.15) is 6.04 Å². The third-order valence-corrected chi connectivity index (χ3v) is 5.85. The molecule has 3 rings (SSSR count). The largest absolute Gasteiger partial charge is 0.328 e. The van der Waals surface area contributed by atoms with Gasteiger partial charge in [0, 0.05) is 17.4 Å². The van der Waals surface area contributed by atoms with E-state index in [1.165, 1.54) is 11.6 Å². The number of quaternary nitrogens is 1. The Labute approximate surface area is 171 Å². The molecule has 0 saturated carbocycles. The highest BCUT2D eigenvalue weighted by atomic mass is 32.2. The number of nitrogens with two attached hydrogens (primary N) is 1. The van der Waals surface area contributed by atoms with Crippen LogP contribution in [0.25, 0.3) is 0 Å². The van der Waals surface area contributed by atoms with Crippen LogP contribution in [-0.4, -0.2) is 27.1 Å². The molecule has 5 nitrogen and oxygen atoms in total. The fraction of sp³-hybridized carbons (Fsp3) is 0.174. The Kier molecular flexibility index (Phi) is 6.46. The summed E-state index contributed by atoms with van der Waals surface area (Å²) >= 11 is 0. The van der Waals surface area contributed by atoms with Crippen molar-refractivity contribution in [3.8, 4) is 0 Å². The van der Waals surface area contributed by atoms with Gasteiger partial charge in [-0.05, 0) is 19.1 Å². The van der Waals surface area contributed by atoms with Gasteiger partial charge in [-0.1, -0.05) is 72.3 Å². The highest BCUT2D eigenvalue weighted by Gasteiger charge is 2.20. The highest BCUT2D eigenvalue weighted by Crippen LogP contribution is 2.21. The molecule has 3 aromatic carbocycles. The first-order chi connectivity index (χ1) is 13.8. The first-order valence-electron chi connectivity index (χ1n) is 9.38. The van der Waals surface area contributed by atoms with Crippen LogP contribution in [0.5, 0.6) is 0 Å². The summed E-state index contributed by atoms with van der Waals surface area (Å²) in [5.41, 5.74) is 3.68. The molecule has 0 aliphatic carbocycles. The molecule has 0 bridgehead atoms. The normalized spacial score (nSPS) is 12.3. The zero-order valence-corrected chi connectivity index (χ0v) is 17.3. The van der Waals surface area contributed by atoms with Crippen LogP contribution in [0.2, 0.25) is 0 Å². The number of nitrogens with one attached hydrogen (secondary N) is 1. The predicted octanol–water partition coefficient (Wildman–Crippen LogP) is 2.69. The van der Waals surface area contributed by atoms with Crippen molar-refractivity contribution < 1.29 is 18.5 Å². The standard InChI is InChI=1S/C23H24N2O3S/c1-17-12-14-19(15-13-17)23(18-8-4-3-5-9-18)24-16-22(26)25-20-10-6-7-11-21(20)29(2,27)28/h3-15,23-24H,16H2,1-2H3,(H,25,26)/p+1/t23-/m1/s1. The summed E-state index contributed by atoms with van der Waals surface area (Å²) in [4.78, 5) is 12.7. The Morgan fingerprint density at radius 3 is 2.14 bits per heavy atom. The molecule has 0 saturated heterocycles. The molecule has 29 heavy (non-hydrogen) atoms. The maximum absolute atomic E-state index is 12.6. The summed E-state index contributed by atoms with van der Waals surface area (Å²) in [6, 6.07) is 24.7. The van der Waals surface area contributed by atoms with Gasteiger partial charge in [-0.25, -0.2) is 8.42 Å². The van der Waals surface area contributed by atoms with Crippen LogP contribution in [0.3, 0.4) is 0 Å². The van der Waals surface area contributed by atoms with Gasteiger partial charge in [-0.15, -0.1) is 0 Å². The fourth-order valence-corrected chi connectivity index (χ4v) is 4.06. The van der Waals surface area contributed by atoms with Gasteiger partial charge < -0.3 is 10.6 Å². The first-order valence-corrected chi connectivity index (χ1v) is 11.3. The minimum Gasteiger partial charge on any atom is -0.328 e. The lowest BCUT2D eigenvalue weighted by Crippen LogP contribution is -2.87. The number of aryl methyl sites for hydroxylation is 1. The number of benzene rings is 3. The van der Waals surface area contributed by atoms with E-state index < -0.39 is 9.84 Å². The van der Waals surface area contributed by atoms with Crippen molar-refractivity contribution in [2.75, 3.05) is 18.1 Å². The second-order valence-electron chi connectivity index (χ2n) is 7.06. The van der Waals surface area contributed by atoms with E-state index in [-0.39, 0.29) is 23.4 Å². The molecule has 0 aromatic heterocycles. The van der Waals surface area contributed by atoms with Crippen LogP contribution in [-0.2, 0) is 14.6 Å². The van der Waals surface area contributed by atoms with Gasteiger partial charge in [0.15, 0.2) is 16.4 Å². The van der Waals surface area contributed by atoms with Crippen molar-refractivity contribution in [3.05, 3.63) is 95.6 Å². The van der Waals surface area contributed by atoms with Crippen molar-refractivity contribution in [1.29, 1.82) is 0 Å². The summed E-state index contributed by atoms with van der Waals surface area (Å²) in [7, 11) is -3.43. The molecule has 0 fully saturated rings. The highest BCUT2D eigenvalue weighted by molar-refractivity contribution is 7.90. The second-order valence-corrected chi connectivity index (χ2v) is 9.04. The van der Waals surface area contributed by atoms with Gasteiger partial charge >= 0.3 is 0 Å². The average molecular weight is 410 g/mol. The van der Waals surface area contributed by atoms with E-state index in [4.69, 9.17) is 0 Å². The van der Waals surface area contributed by atoms with Crippen molar-refractivity contribution in [3.63, 3.8) is 0 Å². The molecule has 0 aliphatic rings. The van der Waals surface area contributed by atoms with Crippen LogP contribution in [0.15, 0.2) is 83.8 Å². The minimum atomic E-state index is -3.43. The summed E-state index contributed by atoms with van der Waals surface area (Å²) in [6.07, 6.45) is 1.13. The third-order valence-electron chi connectivity index (χ3n) is 4.69. The molecule has 3 N–H and O–H groups in total. The number of rotatable bonds is 7. The predicted molar refractivity (Wildman–Crippen MR) is 114 cm³/mol. The van der Waals surface area contributed by atoms with Crippen LogP contribution in [0.1, 0.15) is 22.7 Å². The monoisotopic (exact) mass is 409 g/mol.